The van der Waals surface area contributed by atoms with Crippen LogP contribution in [0.5, 0.6) is 5.75 Å². The number of nitrogens with one attached hydrogen (secondary N) is 1. The second-order valence-corrected chi connectivity index (χ2v) is 10.5. The standard InChI is InChI=1S/C23H31ClNO9P/c1-31-35(30,32-2)25-9-10-33-17-6-3-14(4-7-17)11-16-12-15(5-8-18(16)24)23-22(29)21(28)20(27)19(13-26)34-23/h3-8,12,19-23,26-29H,9-11,13H2,1-2H3,(H,25,30). The second-order valence-electron chi connectivity index (χ2n) is 8.04. The van der Waals surface area contributed by atoms with Crippen molar-refractivity contribution in [2.24, 2.45) is 0 Å². The van der Waals surface area contributed by atoms with E-state index in [9.17, 15) is 25.0 Å². The van der Waals surface area contributed by atoms with Gasteiger partial charge in [0.1, 0.15) is 42.9 Å². The Hall–Kier alpha value is -1.56. The Kier molecular flexibility index (Phi) is 10.1. The molecule has 10 nitrogen and oxygen atoms in total. The summed E-state index contributed by atoms with van der Waals surface area (Å²) in [7, 11) is -0.701. The van der Waals surface area contributed by atoms with Gasteiger partial charge in [-0.05, 0) is 41.3 Å². The molecule has 5 N–H and O–H groups in total. The van der Waals surface area contributed by atoms with Gasteiger partial charge in [-0.1, -0.05) is 35.9 Å². The fourth-order valence-corrected chi connectivity index (χ4v) is 4.72. The summed E-state index contributed by atoms with van der Waals surface area (Å²) in [5, 5.41) is 43.1. The number of benzene rings is 2. The quantitative estimate of drug-likeness (QED) is 0.215. The Morgan fingerprint density at radius 3 is 2.34 bits per heavy atom. The highest BCUT2D eigenvalue weighted by Gasteiger charge is 2.44. The molecule has 0 spiro atoms. The van der Waals surface area contributed by atoms with E-state index >= 15 is 0 Å². The number of halogens is 1. The van der Waals surface area contributed by atoms with Crippen LogP contribution in [0, 0.1) is 0 Å². The molecule has 2 aromatic carbocycles. The van der Waals surface area contributed by atoms with Crippen molar-refractivity contribution in [2.45, 2.75) is 36.9 Å². The van der Waals surface area contributed by atoms with Gasteiger partial charge in [-0.25, -0.2) is 9.65 Å². The molecule has 0 bridgehead atoms. The van der Waals surface area contributed by atoms with Crippen LogP contribution < -0.4 is 9.82 Å². The molecule has 1 aliphatic heterocycles. The lowest BCUT2D eigenvalue weighted by Gasteiger charge is -2.40. The number of ether oxygens (including phenoxy) is 2. The average Bonchev–Trinajstić information content (AvgIpc) is 2.87. The van der Waals surface area contributed by atoms with E-state index in [-0.39, 0.29) is 13.2 Å². The lowest BCUT2D eigenvalue weighted by atomic mass is 9.90. The van der Waals surface area contributed by atoms with Crippen molar-refractivity contribution in [3.05, 3.63) is 64.2 Å². The lowest BCUT2D eigenvalue weighted by Crippen LogP contribution is -2.55. The summed E-state index contributed by atoms with van der Waals surface area (Å²) in [6, 6.07) is 12.5. The Bertz CT molecular complexity index is 999. The fourth-order valence-electron chi connectivity index (χ4n) is 3.76. The largest absolute Gasteiger partial charge is 0.492 e. The first-order chi connectivity index (χ1) is 16.7. The fraction of sp³-hybridized carbons (Fsp3) is 0.478. The molecule has 0 saturated carbocycles. The van der Waals surface area contributed by atoms with E-state index in [1.54, 1.807) is 30.3 Å². The van der Waals surface area contributed by atoms with Crippen LogP contribution in [0.2, 0.25) is 5.02 Å². The van der Waals surface area contributed by atoms with Crippen LogP contribution in [0.3, 0.4) is 0 Å². The number of aliphatic hydroxyl groups excluding tert-OH is 4. The molecule has 0 amide bonds. The third-order valence-corrected chi connectivity index (χ3v) is 7.71. The molecule has 1 aliphatic rings. The summed E-state index contributed by atoms with van der Waals surface area (Å²) >= 11 is 6.40. The van der Waals surface area contributed by atoms with Crippen molar-refractivity contribution >= 4 is 19.3 Å². The zero-order valence-corrected chi connectivity index (χ0v) is 21.1. The van der Waals surface area contributed by atoms with E-state index in [2.05, 4.69) is 5.09 Å². The Morgan fingerprint density at radius 2 is 1.71 bits per heavy atom. The van der Waals surface area contributed by atoms with E-state index in [4.69, 9.17) is 30.1 Å². The highest BCUT2D eigenvalue weighted by Crippen LogP contribution is 2.40. The van der Waals surface area contributed by atoms with Gasteiger partial charge in [0.15, 0.2) is 0 Å². The van der Waals surface area contributed by atoms with Gasteiger partial charge in [-0.3, -0.25) is 0 Å². The van der Waals surface area contributed by atoms with Crippen LogP contribution in [0.4, 0.5) is 0 Å². The van der Waals surface area contributed by atoms with Gasteiger partial charge < -0.3 is 38.9 Å². The van der Waals surface area contributed by atoms with Crippen molar-refractivity contribution in [3.8, 4) is 5.75 Å². The molecule has 0 aliphatic carbocycles. The minimum atomic E-state index is -3.29. The third-order valence-electron chi connectivity index (χ3n) is 5.77. The van der Waals surface area contributed by atoms with Crippen LogP contribution in [0.1, 0.15) is 22.8 Å². The zero-order chi connectivity index (χ0) is 25.6. The van der Waals surface area contributed by atoms with Crippen molar-refractivity contribution in [1.29, 1.82) is 0 Å². The van der Waals surface area contributed by atoms with Gasteiger partial charge >= 0.3 is 7.75 Å². The number of aliphatic hydroxyl groups is 4. The average molecular weight is 532 g/mol. The van der Waals surface area contributed by atoms with Crippen LogP contribution in [-0.2, 0) is 24.8 Å². The predicted molar refractivity (Wildman–Crippen MR) is 129 cm³/mol. The molecule has 3 rings (SSSR count). The maximum Gasteiger partial charge on any atom is 0.405 e. The first kappa shape index (κ1) is 28.0. The molecule has 1 saturated heterocycles. The number of rotatable bonds is 11. The van der Waals surface area contributed by atoms with Crippen LogP contribution >= 0.6 is 19.3 Å². The maximum absolute atomic E-state index is 11.9. The van der Waals surface area contributed by atoms with E-state index in [0.29, 0.717) is 22.8 Å². The number of hydrogen-bond donors (Lipinski definition) is 5. The molecule has 12 heteroatoms. The molecule has 194 valence electrons. The van der Waals surface area contributed by atoms with Crippen molar-refractivity contribution < 1.29 is 43.5 Å². The van der Waals surface area contributed by atoms with Gasteiger partial charge in [0.05, 0.1) is 6.61 Å². The van der Waals surface area contributed by atoms with Gasteiger partial charge in [-0.15, -0.1) is 0 Å². The Morgan fingerprint density at radius 1 is 1.03 bits per heavy atom. The number of hydrogen-bond acceptors (Lipinski definition) is 9. The Balaban J connectivity index is 1.63. The molecular formula is C23H31ClNO9P. The van der Waals surface area contributed by atoms with E-state index < -0.39 is 44.9 Å². The van der Waals surface area contributed by atoms with Crippen molar-refractivity contribution in [1.82, 2.24) is 5.09 Å². The third kappa shape index (κ3) is 7.02. The second kappa shape index (κ2) is 12.6. The normalized spacial score (nSPS) is 24.9. The SMILES string of the molecule is COP(=O)(NCCOc1ccc(Cc2cc(C3OC(CO)C(O)C(O)C3O)ccc2Cl)cc1)OC. The molecular weight excluding hydrogens is 501 g/mol. The van der Waals surface area contributed by atoms with Crippen molar-refractivity contribution in [2.75, 3.05) is 34.0 Å². The molecule has 35 heavy (non-hydrogen) atoms. The van der Waals surface area contributed by atoms with Crippen LogP contribution in [-0.4, -0.2) is 78.8 Å². The minimum absolute atomic E-state index is 0.253. The first-order valence-electron chi connectivity index (χ1n) is 11.0. The minimum Gasteiger partial charge on any atom is -0.492 e. The first-order valence-corrected chi connectivity index (χ1v) is 12.9. The van der Waals surface area contributed by atoms with Gasteiger partial charge in [0, 0.05) is 25.8 Å². The summed E-state index contributed by atoms with van der Waals surface area (Å²) in [6.07, 6.45) is -5.68. The lowest BCUT2D eigenvalue weighted by molar-refractivity contribution is -0.231. The topological polar surface area (TPSA) is 147 Å². The molecule has 1 heterocycles. The molecule has 0 aromatic heterocycles. The van der Waals surface area contributed by atoms with Gasteiger partial charge in [-0.2, -0.15) is 0 Å². The van der Waals surface area contributed by atoms with Gasteiger partial charge in [0.2, 0.25) is 0 Å². The summed E-state index contributed by atoms with van der Waals surface area (Å²) in [6.45, 7) is 0.0224. The highest BCUT2D eigenvalue weighted by molar-refractivity contribution is 7.51. The van der Waals surface area contributed by atoms with Crippen molar-refractivity contribution in [3.63, 3.8) is 0 Å². The van der Waals surface area contributed by atoms with E-state index in [1.807, 2.05) is 12.1 Å². The van der Waals surface area contributed by atoms with E-state index in [0.717, 1.165) is 11.1 Å². The van der Waals surface area contributed by atoms with E-state index in [1.165, 1.54) is 14.2 Å². The van der Waals surface area contributed by atoms with Gasteiger partial charge in [0.25, 0.3) is 0 Å². The summed E-state index contributed by atoms with van der Waals surface area (Å²) in [4.78, 5) is 0. The molecule has 2 aromatic rings. The van der Waals surface area contributed by atoms with Crippen LogP contribution in [0.25, 0.3) is 0 Å². The summed E-state index contributed by atoms with van der Waals surface area (Å²) in [5.74, 6) is 0.626. The van der Waals surface area contributed by atoms with Crippen LogP contribution in [0.15, 0.2) is 42.5 Å². The summed E-state index contributed by atoms with van der Waals surface area (Å²) in [5.41, 5.74) is 2.29. The Labute approximate surface area is 209 Å². The molecule has 5 atom stereocenters. The maximum atomic E-state index is 11.9. The molecule has 1 fully saturated rings. The summed E-state index contributed by atoms with van der Waals surface area (Å²) < 4.78 is 32.8. The predicted octanol–water partition coefficient (Wildman–Crippen LogP) is 1.81. The molecule has 0 radical (unpaired) electrons. The molecule has 5 unspecified atom stereocenters. The zero-order valence-electron chi connectivity index (χ0n) is 19.4. The smallest absolute Gasteiger partial charge is 0.405 e. The highest BCUT2D eigenvalue weighted by atomic mass is 35.5. The monoisotopic (exact) mass is 531 g/mol.